The molecule has 0 aromatic heterocycles. The van der Waals surface area contributed by atoms with E-state index in [0.29, 0.717) is 19.1 Å². The number of hydrogen-bond acceptors (Lipinski definition) is 4. The molecule has 0 amide bonds. The number of ether oxygens (including phenoxy) is 2. The zero-order valence-electron chi connectivity index (χ0n) is 9.46. The Morgan fingerprint density at radius 1 is 1.44 bits per heavy atom. The normalized spacial score (nSPS) is 29.4. The van der Waals surface area contributed by atoms with E-state index < -0.39 is 9.84 Å². The van der Waals surface area contributed by atoms with Gasteiger partial charge in [-0.25, -0.2) is 8.42 Å². The van der Waals surface area contributed by atoms with E-state index in [-0.39, 0.29) is 18.0 Å². The van der Waals surface area contributed by atoms with Gasteiger partial charge in [-0.15, -0.1) is 0 Å². The van der Waals surface area contributed by atoms with Crippen LogP contribution < -0.4 is 0 Å². The fourth-order valence-electron chi connectivity index (χ4n) is 1.87. The predicted octanol–water partition coefficient (Wildman–Crippen LogP) is 1.13. The number of rotatable bonds is 6. The van der Waals surface area contributed by atoms with E-state index >= 15 is 0 Å². The SMILES string of the molecule is CCOC(COC1C=CS(=O)(=O)C1)C1CC1. The van der Waals surface area contributed by atoms with Crippen molar-refractivity contribution in [3.05, 3.63) is 11.5 Å². The summed E-state index contributed by atoms with van der Waals surface area (Å²) in [7, 11) is -3.01. The first kappa shape index (κ1) is 12.1. The second-order valence-corrected chi connectivity index (χ2v) is 6.29. The minimum Gasteiger partial charge on any atom is -0.376 e. The fourth-order valence-corrected chi connectivity index (χ4v) is 3.06. The lowest BCUT2D eigenvalue weighted by atomic mass is 10.2. The van der Waals surface area contributed by atoms with Gasteiger partial charge in [-0.2, -0.15) is 0 Å². The third kappa shape index (κ3) is 3.30. The van der Waals surface area contributed by atoms with Gasteiger partial charge in [-0.1, -0.05) is 0 Å². The molecule has 0 radical (unpaired) electrons. The highest BCUT2D eigenvalue weighted by molar-refractivity contribution is 7.94. The van der Waals surface area contributed by atoms with Crippen LogP contribution in [0.1, 0.15) is 19.8 Å². The van der Waals surface area contributed by atoms with Crippen LogP contribution in [0.15, 0.2) is 11.5 Å². The van der Waals surface area contributed by atoms with Gasteiger partial charge in [0.15, 0.2) is 9.84 Å². The van der Waals surface area contributed by atoms with E-state index in [1.165, 1.54) is 18.2 Å². The lowest BCUT2D eigenvalue weighted by Gasteiger charge is -2.18. The van der Waals surface area contributed by atoms with Gasteiger partial charge in [0.2, 0.25) is 0 Å². The van der Waals surface area contributed by atoms with Crippen molar-refractivity contribution in [3.63, 3.8) is 0 Å². The Hall–Kier alpha value is -0.390. The van der Waals surface area contributed by atoms with Gasteiger partial charge in [-0.05, 0) is 31.8 Å². The first-order valence-electron chi connectivity index (χ1n) is 5.75. The molecule has 2 aliphatic rings. The Labute approximate surface area is 96.5 Å². The summed E-state index contributed by atoms with van der Waals surface area (Å²) in [5.74, 6) is 0.693. The second-order valence-electron chi connectivity index (χ2n) is 4.36. The molecule has 0 spiro atoms. The molecule has 0 saturated heterocycles. The minimum absolute atomic E-state index is 0.0799. The average Bonchev–Trinajstić information content (AvgIpc) is 2.99. The third-order valence-electron chi connectivity index (χ3n) is 2.90. The second kappa shape index (κ2) is 4.85. The molecule has 0 aromatic carbocycles. The van der Waals surface area contributed by atoms with Gasteiger partial charge in [0, 0.05) is 12.0 Å². The Morgan fingerprint density at radius 3 is 2.69 bits per heavy atom. The summed E-state index contributed by atoms with van der Waals surface area (Å²) in [5.41, 5.74) is 0. The van der Waals surface area contributed by atoms with Gasteiger partial charge in [0.25, 0.3) is 0 Å². The van der Waals surface area contributed by atoms with E-state index in [1.54, 1.807) is 6.08 Å². The molecule has 92 valence electrons. The van der Waals surface area contributed by atoms with Crippen LogP contribution in [0.5, 0.6) is 0 Å². The van der Waals surface area contributed by atoms with Crippen molar-refractivity contribution in [2.24, 2.45) is 5.92 Å². The van der Waals surface area contributed by atoms with E-state index in [9.17, 15) is 8.42 Å². The standard InChI is InChI=1S/C11H18O4S/c1-2-14-11(9-3-4-9)7-15-10-5-6-16(12,13)8-10/h5-6,9-11H,2-4,7-8H2,1H3. The Morgan fingerprint density at radius 2 is 2.19 bits per heavy atom. The zero-order valence-corrected chi connectivity index (χ0v) is 10.3. The lowest BCUT2D eigenvalue weighted by molar-refractivity contribution is -0.0333. The Bertz CT molecular complexity index is 356. The maximum atomic E-state index is 11.2. The van der Waals surface area contributed by atoms with Crippen LogP contribution in [0.4, 0.5) is 0 Å². The van der Waals surface area contributed by atoms with Gasteiger partial charge in [0.05, 0.1) is 24.6 Å². The van der Waals surface area contributed by atoms with E-state index in [1.807, 2.05) is 6.92 Å². The summed E-state index contributed by atoms with van der Waals surface area (Å²) in [6.07, 6.45) is 3.87. The molecule has 16 heavy (non-hydrogen) atoms. The maximum Gasteiger partial charge on any atom is 0.174 e. The molecule has 2 rings (SSSR count). The van der Waals surface area contributed by atoms with E-state index in [2.05, 4.69) is 0 Å². The van der Waals surface area contributed by atoms with Crippen LogP contribution in [0.2, 0.25) is 0 Å². The maximum absolute atomic E-state index is 11.2. The van der Waals surface area contributed by atoms with Crippen molar-refractivity contribution >= 4 is 9.84 Å². The van der Waals surface area contributed by atoms with Crippen molar-refractivity contribution in [3.8, 4) is 0 Å². The summed E-state index contributed by atoms with van der Waals surface area (Å²) in [6.45, 7) is 3.15. The van der Waals surface area contributed by atoms with Crippen molar-refractivity contribution in [1.29, 1.82) is 0 Å². The molecule has 2 atom stereocenters. The summed E-state index contributed by atoms with van der Waals surface area (Å²) >= 11 is 0. The molecule has 1 aliphatic heterocycles. The number of hydrogen-bond donors (Lipinski definition) is 0. The highest BCUT2D eigenvalue weighted by Crippen LogP contribution is 2.34. The summed E-state index contributed by atoms with van der Waals surface area (Å²) in [6, 6.07) is 0. The molecule has 2 unspecified atom stereocenters. The fraction of sp³-hybridized carbons (Fsp3) is 0.818. The molecule has 1 aliphatic carbocycles. The zero-order chi connectivity index (χ0) is 11.6. The largest absolute Gasteiger partial charge is 0.376 e. The van der Waals surface area contributed by atoms with Crippen molar-refractivity contribution in [2.75, 3.05) is 19.0 Å². The highest BCUT2D eigenvalue weighted by atomic mass is 32.2. The quantitative estimate of drug-likeness (QED) is 0.705. The predicted molar refractivity (Wildman–Crippen MR) is 60.8 cm³/mol. The van der Waals surface area contributed by atoms with Crippen LogP contribution in [0, 0.1) is 5.92 Å². The molecule has 5 heteroatoms. The van der Waals surface area contributed by atoms with Gasteiger partial charge < -0.3 is 9.47 Å². The third-order valence-corrected chi connectivity index (χ3v) is 4.27. The van der Waals surface area contributed by atoms with Crippen molar-refractivity contribution in [1.82, 2.24) is 0 Å². The van der Waals surface area contributed by atoms with Gasteiger partial charge in [0.1, 0.15) is 0 Å². The van der Waals surface area contributed by atoms with Crippen LogP contribution in [0.3, 0.4) is 0 Å². The molecular formula is C11H18O4S. The van der Waals surface area contributed by atoms with Crippen LogP contribution in [-0.4, -0.2) is 39.6 Å². The number of sulfone groups is 1. The lowest BCUT2D eigenvalue weighted by Crippen LogP contribution is -2.26. The molecule has 1 heterocycles. The Kier molecular flexibility index (Phi) is 3.66. The molecule has 1 fully saturated rings. The average molecular weight is 246 g/mol. The van der Waals surface area contributed by atoms with Gasteiger partial charge in [-0.3, -0.25) is 0 Å². The molecule has 0 N–H and O–H groups in total. The summed E-state index contributed by atoms with van der Waals surface area (Å²) in [4.78, 5) is 0. The van der Waals surface area contributed by atoms with Crippen LogP contribution in [-0.2, 0) is 19.3 Å². The molecule has 0 bridgehead atoms. The first-order chi connectivity index (χ1) is 7.61. The van der Waals surface area contributed by atoms with Crippen LogP contribution in [0.25, 0.3) is 0 Å². The molecule has 1 saturated carbocycles. The molecule has 4 nitrogen and oxygen atoms in total. The Balaban J connectivity index is 1.76. The topological polar surface area (TPSA) is 52.6 Å². The summed E-state index contributed by atoms with van der Waals surface area (Å²) in [5, 5.41) is 1.24. The monoisotopic (exact) mass is 246 g/mol. The van der Waals surface area contributed by atoms with E-state index in [4.69, 9.17) is 9.47 Å². The highest BCUT2D eigenvalue weighted by Gasteiger charge is 2.33. The van der Waals surface area contributed by atoms with Gasteiger partial charge >= 0.3 is 0 Å². The molecular weight excluding hydrogens is 228 g/mol. The minimum atomic E-state index is -3.01. The summed E-state index contributed by atoms with van der Waals surface area (Å²) < 4.78 is 33.5. The van der Waals surface area contributed by atoms with Crippen molar-refractivity contribution in [2.45, 2.75) is 32.0 Å². The smallest absolute Gasteiger partial charge is 0.174 e. The van der Waals surface area contributed by atoms with E-state index in [0.717, 1.165) is 0 Å². The van der Waals surface area contributed by atoms with Crippen LogP contribution >= 0.6 is 0 Å². The first-order valence-corrected chi connectivity index (χ1v) is 7.46. The molecule has 0 aromatic rings. The van der Waals surface area contributed by atoms with Crippen molar-refractivity contribution < 1.29 is 17.9 Å².